The first kappa shape index (κ1) is 21.5. The summed E-state index contributed by atoms with van der Waals surface area (Å²) in [6.07, 6.45) is 1.59. The first-order valence-corrected chi connectivity index (χ1v) is 11.1. The number of aromatic nitrogens is 1. The van der Waals surface area contributed by atoms with Crippen LogP contribution in [-0.4, -0.2) is 59.4 Å². The van der Waals surface area contributed by atoms with Crippen molar-refractivity contribution in [2.75, 3.05) is 32.8 Å². The highest BCUT2D eigenvalue weighted by Crippen LogP contribution is 2.28. The zero-order chi connectivity index (χ0) is 22.0. The molecule has 0 N–H and O–H groups in total. The van der Waals surface area contributed by atoms with Crippen molar-refractivity contribution in [3.8, 4) is 0 Å². The molecular weight excluding hydrogens is 462 g/mol. The number of rotatable bonds is 5. The second kappa shape index (κ2) is 9.20. The Bertz CT molecular complexity index is 1100. The molecule has 1 fully saturated rings. The average Bonchev–Trinajstić information content (AvgIpc) is 3.23. The Morgan fingerprint density at radius 3 is 2.55 bits per heavy atom. The highest BCUT2D eigenvalue weighted by Gasteiger charge is 2.24. The van der Waals surface area contributed by atoms with Crippen LogP contribution < -0.4 is 0 Å². The molecule has 1 aliphatic heterocycles. The van der Waals surface area contributed by atoms with Crippen molar-refractivity contribution in [1.82, 2.24) is 14.8 Å². The van der Waals surface area contributed by atoms with Crippen LogP contribution >= 0.6 is 15.9 Å². The van der Waals surface area contributed by atoms with Gasteiger partial charge in [0.15, 0.2) is 11.3 Å². The molecule has 8 heteroatoms. The van der Waals surface area contributed by atoms with Gasteiger partial charge in [-0.2, -0.15) is 0 Å². The molecule has 162 valence electrons. The summed E-state index contributed by atoms with van der Waals surface area (Å²) in [6.45, 7) is 7.49. The fourth-order valence-corrected chi connectivity index (χ4v) is 3.99. The van der Waals surface area contributed by atoms with Crippen molar-refractivity contribution in [2.45, 2.75) is 20.4 Å². The molecule has 1 amide bonds. The second-order valence-corrected chi connectivity index (χ2v) is 8.44. The zero-order valence-electron chi connectivity index (χ0n) is 17.6. The molecule has 0 atom stereocenters. The van der Waals surface area contributed by atoms with E-state index in [9.17, 15) is 9.59 Å². The van der Waals surface area contributed by atoms with Crippen molar-refractivity contribution in [2.24, 2.45) is 0 Å². The molecule has 4 rings (SSSR count). The van der Waals surface area contributed by atoms with E-state index in [0.29, 0.717) is 43.1 Å². The number of pyridine rings is 1. The molecule has 3 aromatic rings. The molecule has 2 aromatic heterocycles. The van der Waals surface area contributed by atoms with Crippen molar-refractivity contribution in [1.29, 1.82) is 0 Å². The van der Waals surface area contributed by atoms with E-state index in [1.54, 1.807) is 17.0 Å². The monoisotopic (exact) mass is 485 g/mol. The van der Waals surface area contributed by atoms with E-state index in [1.807, 2.05) is 38.2 Å². The highest BCUT2D eigenvalue weighted by atomic mass is 79.9. The van der Waals surface area contributed by atoms with E-state index >= 15 is 0 Å². The summed E-state index contributed by atoms with van der Waals surface area (Å²) in [7, 11) is 0. The third kappa shape index (κ3) is 4.65. The Labute approximate surface area is 189 Å². The van der Waals surface area contributed by atoms with Gasteiger partial charge in [0.25, 0.3) is 0 Å². The number of carbonyl (C=O) groups excluding carboxylic acids is 2. The maximum atomic E-state index is 12.9. The van der Waals surface area contributed by atoms with E-state index in [-0.39, 0.29) is 11.9 Å². The number of ether oxygens (including phenoxy) is 1. The van der Waals surface area contributed by atoms with Gasteiger partial charge in [0.1, 0.15) is 0 Å². The third-order valence-corrected chi connectivity index (χ3v) is 5.97. The summed E-state index contributed by atoms with van der Waals surface area (Å²) in [5.74, 6) is 0.152. The van der Waals surface area contributed by atoms with Gasteiger partial charge >= 0.3 is 6.09 Å². The lowest BCUT2D eigenvalue weighted by Crippen LogP contribution is -2.48. The van der Waals surface area contributed by atoms with Crippen molar-refractivity contribution in [3.63, 3.8) is 0 Å². The van der Waals surface area contributed by atoms with E-state index < -0.39 is 0 Å². The number of halogens is 1. The largest absolute Gasteiger partial charge is 0.451 e. The van der Waals surface area contributed by atoms with Crippen LogP contribution in [0.3, 0.4) is 0 Å². The first-order valence-electron chi connectivity index (χ1n) is 10.3. The molecule has 3 heterocycles. The van der Waals surface area contributed by atoms with Crippen LogP contribution in [0.5, 0.6) is 0 Å². The minimum absolute atomic E-state index is 0.155. The van der Waals surface area contributed by atoms with Gasteiger partial charge < -0.3 is 14.1 Å². The molecule has 1 aromatic carbocycles. The first-order chi connectivity index (χ1) is 15.0. The fourth-order valence-electron chi connectivity index (χ4n) is 3.73. The Morgan fingerprint density at radius 1 is 1.16 bits per heavy atom. The van der Waals surface area contributed by atoms with Crippen LogP contribution in [0.15, 0.2) is 45.4 Å². The number of furan rings is 1. The minimum Gasteiger partial charge on any atom is -0.451 e. The molecule has 0 aliphatic carbocycles. The van der Waals surface area contributed by atoms with Crippen molar-refractivity contribution < 1.29 is 18.7 Å². The molecule has 1 saturated heterocycles. The maximum Gasteiger partial charge on any atom is 0.409 e. The molecule has 7 nitrogen and oxygen atoms in total. The van der Waals surface area contributed by atoms with Gasteiger partial charge in [-0.05, 0) is 49.7 Å². The lowest BCUT2D eigenvalue weighted by Gasteiger charge is -2.34. The quantitative estimate of drug-likeness (QED) is 0.498. The summed E-state index contributed by atoms with van der Waals surface area (Å²) in [6, 6.07) is 9.04. The molecule has 31 heavy (non-hydrogen) atoms. The Balaban J connectivity index is 1.53. The van der Waals surface area contributed by atoms with Crippen LogP contribution in [0, 0.1) is 6.92 Å². The van der Waals surface area contributed by atoms with Gasteiger partial charge in [-0.1, -0.05) is 15.9 Å². The molecule has 0 spiro atoms. The Morgan fingerprint density at radius 2 is 1.87 bits per heavy atom. The molecular formula is C23H24BrN3O4. The van der Waals surface area contributed by atoms with Gasteiger partial charge in [0.05, 0.1) is 12.3 Å². The molecule has 0 bridgehead atoms. The van der Waals surface area contributed by atoms with Crippen LogP contribution in [-0.2, 0) is 11.3 Å². The SMILES string of the molecule is CCOC(=O)N1CCN(Cc2cnc(C)c3oc(C(=O)c4ccc(Br)cc4)cc23)CC1. The van der Waals surface area contributed by atoms with Gasteiger partial charge in [0.2, 0.25) is 5.78 Å². The number of ketones is 1. The van der Waals surface area contributed by atoms with E-state index in [4.69, 9.17) is 9.15 Å². The smallest absolute Gasteiger partial charge is 0.409 e. The van der Waals surface area contributed by atoms with Crippen LogP contribution in [0.1, 0.15) is 34.3 Å². The van der Waals surface area contributed by atoms with E-state index in [0.717, 1.165) is 34.2 Å². The lowest BCUT2D eigenvalue weighted by molar-refractivity contribution is 0.0779. The number of nitrogens with zero attached hydrogens (tertiary/aromatic N) is 3. The van der Waals surface area contributed by atoms with Crippen LogP contribution in [0.4, 0.5) is 4.79 Å². The molecule has 0 saturated carbocycles. The molecule has 1 aliphatic rings. The standard InChI is InChI=1S/C23H24BrN3O4/c1-3-30-23(29)27-10-8-26(9-11-27)14-17-13-25-15(2)22-19(17)12-20(31-22)21(28)16-4-6-18(24)7-5-16/h4-7,12-13H,3,8-11,14H2,1-2H3. The van der Waals surface area contributed by atoms with E-state index in [1.165, 1.54) is 0 Å². The number of benzene rings is 1. The van der Waals surface area contributed by atoms with Gasteiger partial charge in [0, 0.05) is 54.3 Å². The van der Waals surface area contributed by atoms with Gasteiger partial charge in [-0.15, -0.1) is 0 Å². The Kier molecular flexibility index (Phi) is 6.38. The highest BCUT2D eigenvalue weighted by molar-refractivity contribution is 9.10. The predicted molar refractivity (Wildman–Crippen MR) is 120 cm³/mol. The Hall–Kier alpha value is -2.71. The normalized spacial score (nSPS) is 14.7. The van der Waals surface area contributed by atoms with Crippen LogP contribution in [0.25, 0.3) is 11.0 Å². The lowest BCUT2D eigenvalue weighted by atomic mass is 10.1. The summed E-state index contributed by atoms with van der Waals surface area (Å²) >= 11 is 3.39. The summed E-state index contributed by atoms with van der Waals surface area (Å²) in [4.78, 5) is 33.3. The summed E-state index contributed by atoms with van der Waals surface area (Å²) < 4.78 is 11.9. The zero-order valence-corrected chi connectivity index (χ0v) is 19.1. The number of hydrogen-bond acceptors (Lipinski definition) is 6. The van der Waals surface area contributed by atoms with Crippen LogP contribution in [0.2, 0.25) is 0 Å². The summed E-state index contributed by atoms with van der Waals surface area (Å²) in [5, 5.41) is 0.904. The number of carbonyl (C=O) groups is 2. The molecule has 0 radical (unpaired) electrons. The van der Waals surface area contributed by atoms with Crippen molar-refractivity contribution in [3.05, 3.63) is 63.6 Å². The number of fused-ring (bicyclic) bond motifs is 1. The number of hydrogen-bond donors (Lipinski definition) is 0. The molecule has 0 unspecified atom stereocenters. The average molecular weight is 486 g/mol. The third-order valence-electron chi connectivity index (χ3n) is 5.44. The fraction of sp³-hybridized carbons (Fsp3) is 0.348. The number of piperazine rings is 1. The maximum absolute atomic E-state index is 12.9. The number of amides is 1. The van der Waals surface area contributed by atoms with E-state index in [2.05, 4.69) is 25.8 Å². The minimum atomic E-state index is -0.257. The number of aryl methyl sites for hydroxylation is 1. The summed E-state index contributed by atoms with van der Waals surface area (Å²) in [5.41, 5.74) is 2.97. The topological polar surface area (TPSA) is 75.9 Å². The van der Waals surface area contributed by atoms with Gasteiger partial charge in [-0.3, -0.25) is 14.7 Å². The van der Waals surface area contributed by atoms with Gasteiger partial charge in [-0.25, -0.2) is 4.79 Å². The predicted octanol–water partition coefficient (Wildman–Crippen LogP) is 4.40. The van der Waals surface area contributed by atoms with Crippen molar-refractivity contribution >= 4 is 38.8 Å². The second-order valence-electron chi connectivity index (χ2n) is 7.52.